The molecule has 0 N–H and O–H groups in total. The fourth-order valence-electron chi connectivity index (χ4n) is 2.14. The van der Waals surface area contributed by atoms with E-state index in [0.29, 0.717) is 12.0 Å². The number of hydrogen-bond acceptors (Lipinski definition) is 2. The van der Waals surface area contributed by atoms with Crippen LogP contribution in [0.1, 0.15) is 40.5 Å². The van der Waals surface area contributed by atoms with Crippen molar-refractivity contribution in [1.29, 1.82) is 0 Å². The number of hydrogen-bond donors (Lipinski definition) is 0. The third-order valence-corrected chi connectivity index (χ3v) is 3.25. The summed E-state index contributed by atoms with van der Waals surface area (Å²) in [5.74, 6) is 0.725. The molecule has 0 aliphatic carbocycles. The van der Waals surface area contributed by atoms with E-state index in [1.165, 1.54) is 0 Å². The Labute approximate surface area is 92.8 Å². The first kappa shape index (κ1) is 12.3. The summed E-state index contributed by atoms with van der Waals surface area (Å²) in [5.41, 5.74) is 0.362. The highest BCUT2D eigenvalue weighted by Crippen LogP contribution is 2.34. The minimum absolute atomic E-state index is 0.148. The van der Waals surface area contributed by atoms with Crippen molar-refractivity contribution in [2.75, 3.05) is 19.7 Å². The van der Waals surface area contributed by atoms with Crippen LogP contribution in [0.15, 0.2) is 0 Å². The molecule has 0 spiro atoms. The predicted molar refractivity (Wildman–Crippen MR) is 60.8 cm³/mol. The van der Waals surface area contributed by atoms with Crippen molar-refractivity contribution in [3.05, 3.63) is 0 Å². The van der Waals surface area contributed by atoms with Gasteiger partial charge < -0.3 is 9.64 Å². The van der Waals surface area contributed by atoms with E-state index in [2.05, 4.69) is 20.8 Å². The van der Waals surface area contributed by atoms with Gasteiger partial charge in [0, 0.05) is 13.1 Å². The zero-order valence-corrected chi connectivity index (χ0v) is 10.4. The number of nitrogens with zero attached hydrogens (tertiary/aromatic N) is 1. The number of carbonyl (C=O) groups is 1. The SMILES string of the molecule is CCOC(=O)N1CCC(C(C)(C)C)CC1. The average molecular weight is 213 g/mol. The Morgan fingerprint density at radius 2 is 1.87 bits per heavy atom. The van der Waals surface area contributed by atoms with Crippen LogP contribution in [-0.4, -0.2) is 30.7 Å². The van der Waals surface area contributed by atoms with Crippen LogP contribution in [0.25, 0.3) is 0 Å². The van der Waals surface area contributed by atoms with E-state index < -0.39 is 0 Å². The first-order chi connectivity index (χ1) is 6.95. The second-order valence-corrected chi connectivity index (χ2v) is 5.33. The maximum Gasteiger partial charge on any atom is 0.409 e. The average Bonchev–Trinajstić information content (AvgIpc) is 2.17. The van der Waals surface area contributed by atoms with Crippen molar-refractivity contribution < 1.29 is 9.53 Å². The highest BCUT2D eigenvalue weighted by Gasteiger charge is 2.30. The van der Waals surface area contributed by atoms with Gasteiger partial charge in [-0.1, -0.05) is 20.8 Å². The molecule has 1 rings (SSSR count). The van der Waals surface area contributed by atoms with Crippen molar-refractivity contribution in [1.82, 2.24) is 4.90 Å². The van der Waals surface area contributed by atoms with Crippen LogP contribution >= 0.6 is 0 Å². The predicted octanol–water partition coefficient (Wildman–Crippen LogP) is 2.90. The molecule has 3 nitrogen and oxygen atoms in total. The quantitative estimate of drug-likeness (QED) is 0.670. The van der Waals surface area contributed by atoms with Crippen LogP contribution in [-0.2, 0) is 4.74 Å². The third-order valence-electron chi connectivity index (χ3n) is 3.25. The lowest BCUT2D eigenvalue weighted by Gasteiger charge is -2.38. The van der Waals surface area contributed by atoms with E-state index in [4.69, 9.17) is 4.74 Å². The minimum Gasteiger partial charge on any atom is -0.450 e. The van der Waals surface area contributed by atoms with Gasteiger partial charge in [0.15, 0.2) is 0 Å². The van der Waals surface area contributed by atoms with Gasteiger partial charge in [0.25, 0.3) is 0 Å². The summed E-state index contributed by atoms with van der Waals surface area (Å²) in [6.45, 7) is 10.8. The number of carbonyl (C=O) groups excluding carboxylic acids is 1. The molecule has 0 aromatic carbocycles. The molecule has 1 fully saturated rings. The molecule has 0 unspecified atom stereocenters. The van der Waals surface area contributed by atoms with Gasteiger partial charge in [0.2, 0.25) is 0 Å². The molecule has 88 valence electrons. The largest absolute Gasteiger partial charge is 0.450 e. The van der Waals surface area contributed by atoms with Gasteiger partial charge in [0.1, 0.15) is 0 Å². The monoisotopic (exact) mass is 213 g/mol. The highest BCUT2D eigenvalue weighted by atomic mass is 16.6. The number of likely N-dealkylation sites (tertiary alicyclic amines) is 1. The molecule has 1 saturated heterocycles. The van der Waals surface area contributed by atoms with Crippen LogP contribution in [0.2, 0.25) is 0 Å². The summed E-state index contributed by atoms with van der Waals surface area (Å²) in [6, 6.07) is 0. The zero-order chi connectivity index (χ0) is 11.5. The smallest absolute Gasteiger partial charge is 0.409 e. The standard InChI is InChI=1S/C12H23NO2/c1-5-15-11(14)13-8-6-10(7-9-13)12(2,3)4/h10H,5-9H2,1-4H3. The molecule has 0 aromatic heterocycles. The Morgan fingerprint density at radius 3 is 2.27 bits per heavy atom. The number of ether oxygens (including phenoxy) is 1. The summed E-state index contributed by atoms with van der Waals surface area (Å²) in [6.07, 6.45) is 2.05. The molecule has 0 radical (unpaired) electrons. The molecule has 0 atom stereocenters. The molecular weight excluding hydrogens is 190 g/mol. The Balaban J connectivity index is 2.39. The fraction of sp³-hybridized carbons (Fsp3) is 0.917. The molecule has 0 aromatic rings. The van der Waals surface area contributed by atoms with Crippen LogP contribution in [0.3, 0.4) is 0 Å². The minimum atomic E-state index is -0.148. The number of amides is 1. The van der Waals surface area contributed by atoms with E-state index in [1.807, 2.05) is 11.8 Å². The normalized spacial score (nSPS) is 19.1. The summed E-state index contributed by atoms with van der Waals surface area (Å²) < 4.78 is 4.99. The topological polar surface area (TPSA) is 29.5 Å². The Kier molecular flexibility index (Phi) is 4.00. The summed E-state index contributed by atoms with van der Waals surface area (Å²) >= 11 is 0. The van der Waals surface area contributed by atoms with Gasteiger partial charge in [-0.25, -0.2) is 4.79 Å². The Hall–Kier alpha value is -0.730. The highest BCUT2D eigenvalue weighted by molar-refractivity contribution is 5.67. The van der Waals surface area contributed by atoms with Gasteiger partial charge in [0.05, 0.1) is 6.61 Å². The first-order valence-electron chi connectivity index (χ1n) is 5.87. The third kappa shape index (κ3) is 3.40. The molecule has 1 aliphatic rings. The van der Waals surface area contributed by atoms with Crippen molar-refractivity contribution in [3.8, 4) is 0 Å². The summed E-state index contributed by atoms with van der Waals surface area (Å²) in [4.78, 5) is 13.3. The van der Waals surface area contributed by atoms with Gasteiger partial charge >= 0.3 is 6.09 Å². The lowest BCUT2D eigenvalue weighted by molar-refractivity contribution is 0.0736. The van der Waals surface area contributed by atoms with E-state index in [1.54, 1.807) is 0 Å². The van der Waals surface area contributed by atoms with E-state index >= 15 is 0 Å². The van der Waals surface area contributed by atoms with Crippen molar-refractivity contribution in [3.63, 3.8) is 0 Å². The van der Waals surface area contributed by atoms with E-state index in [0.717, 1.165) is 31.8 Å². The van der Waals surface area contributed by atoms with Crippen LogP contribution < -0.4 is 0 Å². The lowest BCUT2D eigenvalue weighted by Crippen LogP contribution is -2.41. The van der Waals surface area contributed by atoms with Crippen molar-refractivity contribution >= 4 is 6.09 Å². The molecule has 0 bridgehead atoms. The van der Waals surface area contributed by atoms with Crippen LogP contribution in [0.4, 0.5) is 4.79 Å². The molecular formula is C12H23NO2. The van der Waals surface area contributed by atoms with E-state index in [-0.39, 0.29) is 6.09 Å². The zero-order valence-electron chi connectivity index (χ0n) is 10.4. The molecule has 1 heterocycles. The van der Waals surface area contributed by atoms with Gasteiger partial charge in [-0.3, -0.25) is 0 Å². The molecule has 0 saturated carbocycles. The molecule has 1 aliphatic heterocycles. The Bertz CT molecular complexity index is 212. The number of rotatable bonds is 1. The van der Waals surface area contributed by atoms with Crippen LogP contribution in [0, 0.1) is 11.3 Å². The molecule has 1 amide bonds. The fourth-order valence-corrected chi connectivity index (χ4v) is 2.14. The Morgan fingerprint density at radius 1 is 1.33 bits per heavy atom. The maximum absolute atomic E-state index is 11.5. The maximum atomic E-state index is 11.5. The second-order valence-electron chi connectivity index (χ2n) is 5.33. The van der Waals surface area contributed by atoms with Crippen LogP contribution in [0.5, 0.6) is 0 Å². The first-order valence-corrected chi connectivity index (χ1v) is 5.87. The van der Waals surface area contributed by atoms with E-state index in [9.17, 15) is 4.79 Å². The molecule has 3 heteroatoms. The summed E-state index contributed by atoms with van der Waals surface area (Å²) in [5, 5.41) is 0. The lowest BCUT2D eigenvalue weighted by atomic mass is 9.75. The number of piperidine rings is 1. The van der Waals surface area contributed by atoms with Gasteiger partial charge in [-0.15, -0.1) is 0 Å². The van der Waals surface area contributed by atoms with Crippen molar-refractivity contribution in [2.24, 2.45) is 11.3 Å². The molecule has 15 heavy (non-hydrogen) atoms. The summed E-state index contributed by atoms with van der Waals surface area (Å²) in [7, 11) is 0. The van der Waals surface area contributed by atoms with Gasteiger partial charge in [-0.05, 0) is 31.1 Å². The second kappa shape index (κ2) is 4.86. The van der Waals surface area contributed by atoms with Crippen molar-refractivity contribution in [2.45, 2.75) is 40.5 Å². The van der Waals surface area contributed by atoms with Gasteiger partial charge in [-0.2, -0.15) is 0 Å².